The Hall–Kier alpha value is -0.0400. The van der Waals surface area contributed by atoms with Crippen molar-refractivity contribution in [3.8, 4) is 6.07 Å². The summed E-state index contributed by atoms with van der Waals surface area (Å²) in [4.78, 5) is 0. The summed E-state index contributed by atoms with van der Waals surface area (Å²) < 4.78 is 1.69. The Morgan fingerprint density at radius 1 is 1.33 bits per heavy atom. The van der Waals surface area contributed by atoms with Gasteiger partial charge in [-0.2, -0.15) is 5.26 Å². The molecule has 1 aromatic rings. The number of nitriles is 1. The summed E-state index contributed by atoms with van der Waals surface area (Å²) in [5.74, 6) is 0. The summed E-state index contributed by atoms with van der Waals surface area (Å²) in [5.41, 5.74) is 0.939. The van der Waals surface area contributed by atoms with Crippen LogP contribution in [0.1, 0.15) is 5.56 Å². The van der Waals surface area contributed by atoms with Gasteiger partial charge in [0.2, 0.25) is 0 Å². The normalized spacial score (nSPS) is 9.50. The topological polar surface area (TPSA) is 23.8 Å². The van der Waals surface area contributed by atoms with Gasteiger partial charge < -0.3 is 0 Å². The van der Waals surface area contributed by atoms with Crippen molar-refractivity contribution in [2.75, 3.05) is 0 Å². The van der Waals surface area contributed by atoms with Crippen LogP contribution in [0, 0.1) is 11.3 Å². The summed E-state index contributed by atoms with van der Waals surface area (Å²) >= 11 is 12.4. The number of benzene rings is 1. The summed E-state index contributed by atoms with van der Waals surface area (Å²) in [5, 5.41) is 9.13. The summed E-state index contributed by atoms with van der Waals surface area (Å²) in [6.07, 6.45) is 0.385. The molecule has 0 bridgehead atoms. The van der Waals surface area contributed by atoms with Crippen LogP contribution in [0.15, 0.2) is 21.1 Å². The second-order valence-electron chi connectivity index (χ2n) is 2.19. The maximum Gasteiger partial charge on any atom is 0.0670 e. The highest BCUT2D eigenvalue weighted by Gasteiger charge is 2.03. The van der Waals surface area contributed by atoms with Crippen molar-refractivity contribution in [3.63, 3.8) is 0 Å². The molecule has 62 valence electrons. The van der Waals surface area contributed by atoms with E-state index in [2.05, 4.69) is 37.9 Å². The second-order valence-corrected chi connectivity index (χ2v) is 4.31. The number of nitrogens with zero attached hydrogens (tertiary/aromatic N) is 1. The van der Waals surface area contributed by atoms with Gasteiger partial charge in [0, 0.05) is 8.95 Å². The van der Waals surface area contributed by atoms with E-state index in [1.807, 2.05) is 6.07 Å². The van der Waals surface area contributed by atoms with Gasteiger partial charge >= 0.3 is 0 Å². The van der Waals surface area contributed by atoms with Gasteiger partial charge in [0.1, 0.15) is 0 Å². The molecule has 0 saturated heterocycles. The molecule has 0 saturated carbocycles. The Balaban J connectivity index is 3.16. The molecule has 0 heterocycles. The molecular formula is C8H4Br2ClN. The van der Waals surface area contributed by atoms with Crippen molar-refractivity contribution in [2.45, 2.75) is 6.42 Å². The minimum absolute atomic E-state index is 0.385. The zero-order chi connectivity index (χ0) is 9.14. The van der Waals surface area contributed by atoms with Crippen molar-refractivity contribution < 1.29 is 0 Å². The number of hydrogen-bond acceptors (Lipinski definition) is 1. The summed E-state index contributed by atoms with van der Waals surface area (Å²) in [6, 6.07) is 5.70. The molecule has 1 rings (SSSR count). The fourth-order valence-corrected chi connectivity index (χ4v) is 1.95. The van der Waals surface area contributed by atoms with E-state index in [4.69, 9.17) is 16.9 Å². The Morgan fingerprint density at radius 3 is 2.58 bits per heavy atom. The molecule has 1 nitrogen and oxygen atoms in total. The van der Waals surface area contributed by atoms with E-state index in [0.717, 1.165) is 14.5 Å². The molecule has 0 unspecified atom stereocenters. The van der Waals surface area contributed by atoms with E-state index in [0.29, 0.717) is 11.4 Å². The third-order valence-electron chi connectivity index (χ3n) is 1.36. The maximum absolute atomic E-state index is 8.49. The second kappa shape index (κ2) is 4.27. The monoisotopic (exact) mass is 307 g/mol. The Bertz CT molecular complexity index is 344. The molecule has 0 aliphatic carbocycles. The first-order chi connectivity index (χ1) is 5.65. The van der Waals surface area contributed by atoms with Gasteiger partial charge in [-0.25, -0.2) is 0 Å². The molecule has 0 atom stereocenters. The predicted octanol–water partition coefficient (Wildman–Crippen LogP) is 3.93. The number of hydrogen-bond donors (Lipinski definition) is 0. The number of halogens is 3. The lowest BCUT2D eigenvalue weighted by Gasteiger charge is -2.02. The largest absolute Gasteiger partial charge is 0.198 e. The van der Waals surface area contributed by atoms with Gasteiger partial charge in [0.15, 0.2) is 0 Å². The highest BCUT2D eigenvalue weighted by atomic mass is 79.9. The fraction of sp³-hybridized carbons (Fsp3) is 0.125. The van der Waals surface area contributed by atoms with Crippen molar-refractivity contribution in [2.24, 2.45) is 0 Å². The van der Waals surface area contributed by atoms with Crippen LogP contribution in [-0.4, -0.2) is 0 Å². The first-order valence-corrected chi connectivity index (χ1v) is 5.12. The Labute approximate surface area is 92.6 Å². The zero-order valence-electron chi connectivity index (χ0n) is 5.94. The first kappa shape index (κ1) is 10.0. The lowest BCUT2D eigenvalue weighted by atomic mass is 10.2. The van der Waals surface area contributed by atoms with Crippen molar-refractivity contribution in [1.82, 2.24) is 0 Å². The summed E-state index contributed by atoms with van der Waals surface area (Å²) in [7, 11) is 0. The first-order valence-electron chi connectivity index (χ1n) is 3.15. The predicted molar refractivity (Wildman–Crippen MR) is 56.2 cm³/mol. The van der Waals surface area contributed by atoms with Crippen LogP contribution in [0.5, 0.6) is 0 Å². The molecular weight excluding hydrogens is 305 g/mol. The quantitative estimate of drug-likeness (QED) is 0.721. The van der Waals surface area contributed by atoms with Gasteiger partial charge in [-0.3, -0.25) is 0 Å². The van der Waals surface area contributed by atoms with Crippen LogP contribution in [0.4, 0.5) is 0 Å². The van der Waals surface area contributed by atoms with E-state index in [-0.39, 0.29) is 0 Å². The van der Waals surface area contributed by atoms with Gasteiger partial charge in [0.05, 0.1) is 17.5 Å². The SMILES string of the molecule is N#CCc1cc(Br)c(Cl)cc1Br. The van der Waals surface area contributed by atoms with E-state index >= 15 is 0 Å². The summed E-state index contributed by atoms with van der Waals surface area (Å²) in [6.45, 7) is 0. The Kier molecular flexibility index (Phi) is 3.57. The van der Waals surface area contributed by atoms with Crippen molar-refractivity contribution >= 4 is 43.5 Å². The van der Waals surface area contributed by atoms with Crippen molar-refractivity contribution in [1.29, 1.82) is 5.26 Å². The highest BCUT2D eigenvalue weighted by Crippen LogP contribution is 2.29. The minimum atomic E-state index is 0.385. The molecule has 12 heavy (non-hydrogen) atoms. The van der Waals surface area contributed by atoms with Gasteiger partial charge in [0.25, 0.3) is 0 Å². The molecule has 0 N–H and O–H groups in total. The number of rotatable bonds is 1. The fourth-order valence-electron chi connectivity index (χ4n) is 0.784. The third-order valence-corrected chi connectivity index (χ3v) is 3.29. The Morgan fingerprint density at radius 2 is 2.00 bits per heavy atom. The van der Waals surface area contributed by atoms with Crippen LogP contribution in [0.2, 0.25) is 5.02 Å². The van der Waals surface area contributed by atoms with Gasteiger partial charge in [-0.05, 0) is 33.6 Å². The van der Waals surface area contributed by atoms with Crippen LogP contribution in [-0.2, 0) is 6.42 Å². The zero-order valence-corrected chi connectivity index (χ0v) is 9.87. The minimum Gasteiger partial charge on any atom is -0.198 e. The van der Waals surface area contributed by atoms with Crippen LogP contribution < -0.4 is 0 Å². The molecule has 0 fully saturated rings. The molecule has 0 radical (unpaired) electrons. The molecule has 1 aromatic carbocycles. The standard InChI is InChI=1S/C8H4Br2ClN/c9-6-4-8(11)7(10)3-5(6)1-2-12/h3-4H,1H2. The van der Waals surface area contributed by atoms with Gasteiger partial charge in [-0.1, -0.05) is 27.5 Å². The average molecular weight is 309 g/mol. The maximum atomic E-state index is 8.49. The van der Waals surface area contributed by atoms with E-state index < -0.39 is 0 Å². The van der Waals surface area contributed by atoms with E-state index in [1.54, 1.807) is 6.07 Å². The third kappa shape index (κ3) is 2.22. The molecule has 0 spiro atoms. The molecule has 0 aliphatic heterocycles. The molecule has 0 aromatic heterocycles. The lowest BCUT2D eigenvalue weighted by Crippen LogP contribution is -1.84. The van der Waals surface area contributed by atoms with Crippen molar-refractivity contribution in [3.05, 3.63) is 31.7 Å². The van der Waals surface area contributed by atoms with E-state index in [1.165, 1.54) is 0 Å². The van der Waals surface area contributed by atoms with Gasteiger partial charge in [-0.15, -0.1) is 0 Å². The van der Waals surface area contributed by atoms with Crippen LogP contribution >= 0.6 is 43.5 Å². The molecule has 0 amide bonds. The lowest BCUT2D eigenvalue weighted by molar-refractivity contribution is 1.24. The average Bonchev–Trinajstić information content (AvgIpc) is 2.01. The smallest absolute Gasteiger partial charge is 0.0670 e. The highest BCUT2D eigenvalue weighted by molar-refractivity contribution is 9.11. The van der Waals surface area contributed by atoms with Crippen LogP contribution in [0.25, 0.3) is 0 Å². The van der Waals surface area contributed by atoms with E-state index in [9.17, 15) is 0 Å². The molecule has 4 heteroatoms. The molecule has 0 aliphatic rings. The van der Waals surface area contributed by atoms with Crippen LogP contribution in [0.3, 0.4) is 0 Å².